The molecule has 0 atom stereocenters. The van der Waals surface area contributed by atoms with Crippen molar-refractivity contribution in [1.82, 2.24) is 9.97 Å². The first-order valence-corrected chi connectivity index (χ1v) is 7.74. The molecular formula is C19H17FN4O. The molecule has 25 heavy (non-hydrogen) atoms. The van der Waals surface area contributed by atoms with E-state index < -0.39 is 0 Å². The maximum atomic E-state index is 13.0. The molecule has 5 nitrogen and oxygen atoms in total. The smallest absolute Gasteiger partial charge is 0.274 e. The Hall–Kier alpha value is -3.28. The first kappa shape index (κ1) is 16.6. The first-order valence-electron chi connectivity index (χ1n) is 7.74. The second-order valence-corrected chi connectivity index (χ2v) is 5.69. The van der Waals surface area contributed by atoms with E-state index >= 15 is 0 Å². The van der Waals surface area contributed by atoms with Gasteiger partial charge in [0.05, 0.1) is 0 Å². The van der Waals surface area contributed by atoms with Crippen LogP contribution in [-0.4, -0.2) is 15.9 Å². The van der Waals surface area contributed by atoms with Crippen LogP contribution in [0.25, 0.3) is 0 Å². The number of hydrogen-bond acceptors (Lipinski definition) is 4. The minimum absolute atomic E-state index is 0.237. The van der Waals surface area contributed by atoms with E-state index in [-0.39, 0.29) is 17.4 Å². The standard InChI is InChI=1S/C19H17FN4O/c1-12-3-4-13(2)16(9-12)24-19(25)17-10-18(22-11-21-17)23-15-7-5-14(20)6-8-15/h3-11H,1-2H3,(H,24,25)(H,21,22,23). The molecule has 2 aromatic carbocycles. The highest BCUT2D eigenvalue weighted by Gasteiger charge is 2.11. The lowest BCUT2D eigenvalue weighted by molar-refractivity contribution is 0.102. The summed E-state index contributed by atoms with van der Waals surface area (Å²) in [5.74, 6) is -0.187. The van der Waals surface area contributed by atoms with Crippen molar-refractivity contribution >= 4 is 23.1 Å². The second-order valence-electron chi connectivity index (χ2n) is 5.69. The van der Waals surface area contributed by atoms with Gasteiger partial charge in [-0.05, 0) is 55.3 Å². The van der Waals surface area contributed by atoms with Crippen LogP contribution in [0.5, 0.6) is 0 Å². The molecule has 0 saturated carbocycles. The number of aromatic nitrogens is 2. The summed E-state index contributed by atoms with van der Waals surface area (Å²) in [6, 6.07) is 13.3. The summed E-state index contributed by atoms with van der Waals surface area (Å²) in [5, 5.41) is 5.87. The lowest BCUT2D eigenvalue weighted by Gasteiger charge is -2.10. The molecule has 1 amide bonds. The van der Waals surface area contributed by atoms with E-state index in [1.807, 2.05) is 32.0 Å². The van der Waals surface area contributed by atoms with Gasteiger partial charge in [0, 0.05) is 17.4 Å². The molecule has 0 unspecified atom stereocenters. The van der Waals surface area contributed by atoms with Crippen molar-refractivity contribution in [3.05, 3.63) is 77.5 Å². The SMILES string of the molecule is Cc1ccc(C)c(NC(=O)c2cc(Nc3ccc(F)cc3)ncn2)c1. The van der Waals surface area contributed by atoms with Crippen molar-refractivity contribution in [2.75, 3.05) is 10.6 Å². The Morgan fingerprint density at radius 1 is 1.00 bits per heavy atom. The van der Waals surface area contributed by atoms with Crippen molar-refractivity contribution in [1.29, 1.82) is 0 Å². The summed E-state index contributed by atoms with van der Waals surface area (Å²) >= 11 is 0. The van der Waals surface area contributed by atoms with Crippen LogP contribution in [0.2, 0.25) is 0 Å². The van der Waals surface area contributed by atoms with Gasteiger partial charge in [-0.3, -0.25) is 4.79 Å². The number of nitrogens with zero attached hydrogens (tertiary/aromatic N) is 2. The highest BCUT2D eigenvalue weighted by atomic mass is 19.1. The quantitative estimate of drug-likeness (QED) is 0.748. The maximum absolute atomic E-state index is 13.0. The van der Waals surface area contributed by atoms with Crippen LogP contribution in [0.4, 0.5) is 21.6 Å². The van der Waals surface area contributed by atoms with Crippen LogP contribution in [0.15, 0.2) is 54.9 Å². The molecule has 0 aliphatic heterocycles. The van der Waals surface area contributed by atoms with Crippen molar-refractivity contribution in [2.24, 2.45) is 0 Å². The number of benzene rings is 2. The Morgan fingerprint density at radius 3 is 2.52 bits per heavy atom. The van der Waals surface area contributed by atoms with Gasteiger partial charge in [0.2, 0.25) is 0 Å². The van der Waals surface area contributed by atoms with Crippen LogP contribution >= 0.6 is 0 Å². The molecule has 0 aliphatic rings. The molecule has 0 spiro atoms. The number of rotatable bonds is 4. The number of hydrogen-bond donors (Lipinski definition) is 2. The molecule has 0 fully saturated rings. The van der Waals surface area contributed by atoms with Gasteiger partial charge in [-0.25, -0.2) is 14.4 Å². The molecule has 0 saturated heterocycles. The molecule has 0 aliphatic carbocycles. The molecule has 0 bridgehead atoms. The average molecular weight is 336 g/mol. The van der Waals surface area contributed by atoms with Gasteiger partial charge in [0.25, 0.3) is 5.91 Å². The van der Waals surface area contributed by atoms with Crippen molar-refractivity contribution in [3.63, 3.8) is 0 Å². The molecule has 3 aromatic rings. The molecule has 1 aromatic heterocycles. The van der Waals surface area contributed by atoms with E-state index in [4.69, 9.17) is 0 Å². The van der Waals surface area contributed by atoms with Gasteiger partial charge in [0.1, 0.15) is 23.7 Å². The van der Waals surface area contributed by atoms with Gasteiger partial charge in [-0.15, -0.1) is 0 Å². The Bertz CT molecular complexity index is 910. The van der Waals surface area contributed by atoms with E-state index in [1.165, 1.54) is 18.5 Å². The Balaban J connectivity index is 1.77. The third-order valence-electron chi connectivity index (χ3n) is 3.66. The minimum atomic E-state index is -0.321. The van der Waals surface area contributed by atoms with E-state index in [1.54, 1.807) is 18.2 Å². The fraction of sp³-hybridized carbons (Fsp3) is 0.105. The summed E-state index contributed by atoms with van der Waals surface area (Å²) in [6.45, 7) is 3.89. The molecular weight excluding hydrogens is 319 g/mol. The average Bonchev–Trinajstić information content (AvgIpc) is 2.60. The van der Waals surface area contributed by atoms with Crippen LogP contribution in [0.1, 0.15) is 21.6 Å². The fourth-order valence-electron chi connectivity index (χ4n) is 2.29. The molecule has 3 rings (SSSR count). The number of amides is 1. The number of aryl methyl sites for hydroxylation is 2. The summed E-state index contributed by atoms with van der Waals surface area (Å²) < 4.78 is 13.0. The number of carbonyl (C=O) groups is 1. The zero-order chi connectivity index (χ0) is 17.8. The highest BCUT2D eigenvalue weighted by molar-refractivity contribution is 6.03. The lowest BCUT2D eigenvalue weighted by Crippen LogP contribution is -2.15. The largest absolute Gasteiger partial charge is 0.340 e. The third kappa shape index (κ3) is 4.17. The number of carbonyl (C=O) groups excluding carboxylic acids is 1. The first-order chi connectivity index (χ1) is 12.0. The Kier molecular flexibility index (Phi) is 4.70. The van der Waals surface area contributed by atoms with Gasteiger partial charge < -0.3 is 10.6 Å². The van der Waals surface area contributed by atoms with Crippen molar-refractivity contribution in [2.45, 2.75) is 13.8 Å². The summed E-state index contributed by atoms with van der Waals surface area (Å²) in [5.41, 5.74) is 3.68. The zero-order valence-corrected chi connectivity index (χ0v) is 13.9. The van der Waals surface area contributed by atoms with Gasteiger partial charge in [0.15, 0.2) is 0 Å². The fourth-order valence-corrected chi connectivity index (χ4v) is 2.29. The van der Waals surface area contributed by atoms with Crippen molar-refractivity contribution < 1.29 is 9.18 Å². The van der Waals surface area contributed by atoms with Gasteiger partial charge in [-0.2, -0.15) is 0 Å². The van der Waals surface area contributed by atoms with Crippen LogP contribution in [0, 0.1) is 19.7 Å². The topological polar surface area (TPSA) is 66.9 Å². The predicted octanol–water partition coefficient (Wildman–Crippen LogP) is 4.23. The summed E-state index contributed by atoms with van der Waals surface area (Å²) in [4.78, 5) is 20.6. The maximum Gasteiger partial charge on any atom is 0.274 e. The summed E-state index contributed by atoms with van der Waals surface area (Å²) in [6.07, 6.45) is 1.31. The number of anilines is 3. The molecule has 126 valence electrons. The molecule has 2 N–H and O–H groups in total. The normalized spacial score (nSPS) is 10.4. The predicted molar refractivity (Wildman–Crippen MR) is 95.6 cm³/mol. The molecule has 6 heteroatoms. The van der Waals surface area contributed by atoms with Crippen LogP contribution in [-0.2, 0) is 0 Å². The summed E-state index contributed by atoms with van der Waals surface area (Å²) in [7, 11) is 0. The van der Waals surface area contributed by atoms with Crippen LogP contribution in [0.3, 0.4) is 0 Å². The Morgan fingerprint density at radius 2 is 1.76 bits per heavy atom. The zero-order valence-electron chi connectivity index (χ0n) is 13.9. The highest BCUT2D eigenvalue weighted by Crippen LogP contribution is 2.18. The van der Waals surface area contributed by atoms with Crippen molar-refractivity contribution in [3.8, 4) is 0 Å². The molecule has 0 radical (unpaired) electrons. The number of halogens is 1. The van der Waals surface area contributed by atoms with E-state index in [9.17, 15) is 9.18 Å². The minimum Gasteiger partial charge on any atom is -0.340 e. The van der Waals surface area contributed by atoms with Crippen LogP contribution < -0.4 is 10.6 Å². The monoisotopic (exact) mass is 336 g/mol. The second kappa shape index (κ2) is 7.09. The van der Waals surface area contributed by atoms with E-state index in [0.29, 0.717) is 11.5 Å². The lowest BCUT2D eigenvalue weighted by atomic mass is 10.1. The van der Waals surface area contributed by atoms with E-state index in [2.05, 4.69) is 20.6 Å². The number of nitrogens with one attached hydrogen (secondary N) is 2. The van der Waals surface area contributed by atoms with Gasteiger partial charge >= 0.3 is 0 Å². The van der Waals surface area contributed by atoms with Gasteiger partial charge in [-0.1, -0.05) is 12.1 Å². The third-order valence-corrected chi connectivity index (χ3v) is 3.66. The Labute approximate surface area is 145 Å². The van der Waals surface area contributed by atoms with E-state index in [0.717, 1.165) is 16.8 Å². The molecule has 1 heterocycles.